The normalized spacial score (nSPS) is 11.0. The van der Waals surface area contributed by atoms with E-state index in [1.807, 2.05) is 42.7 Å². The van der Waals surface area contributed by atoms with Crippen LogP contribution in [0.25, 0.3) is 0 Å². The number of nitrogens with zero attached hydrogens (tertiary/aromatic N) is 3. The molecule has 2 heterocycles. The number of rotatable bonds is 9. The first-order valence-corrected chi connectivity index (χ1v) is 9.30. The van der Waals surface area contributed by atoms with Crippen LogP contribution in [0.1, 0.15) is 22.8 Å². The lowest BCUT2D eigenvalue weighted by Gasteiger charge is -2.20. The maximum atomic E-state index is 5.82. The second-order valence-corrected chi connectivity index (χ2v) is 6.64. The number of imidazole rings is 2. The summed E-state index contributed by atoms with van der Waals surface area (Å²) in [6, 6.07) is 18.4. The molecule has 6 nitrogen and oxygen atoms in total. The molecule has 0 spiro atoms. The summed E-state index contributed by atoms with van der Waals surface area (Å²) in [7, 11) is 0. The van der Waals surface area contributed by atoms with Gasteiger partial charge in [-0.2, -0.15) is 0 Å². The number of hydrogen-bond acceptors (Lipinski definition) is 4. The molecule has 28 heavy (non-hydrogen) atoms. The Morgan fingerprint density at radius 1 is 0.714 bits per heavy atom. The SMILES string of the molecule is c1ccc(OCc2ccc(CN(Cc3ncc[nH]3)Cc3ncc[nH]3)cc2)cc1. The van der Waals surface area contributed by atoms with Crippen LogP contribution in [0, 0.1) is 0 Å². The van der Waals surface area contributed by atoms with Crippen molar-refractivity contribution in [3.05, 3.63) is 102 Å². The van der Waals surface area contributed by atoms with Crippen molar-refractivity contribution in [2.75, 3.05) is 0 Å². The van der Waals surface area contributed by atoms with Crippen LogP contribution in [-0.2, 0) is 26.2 Å². The summed E-state index contributed by atoms with van der Waals surface area (Å²) in [4.78, 5) is 17.3. The Morgan fingerprint density at radius 3 is 1.89 bits per heavy atom. The number of benzene rings is 2. The molecule has 2 aromatic carbocycles. The highest BCUT2D eigenvalue weighted by atomic mass is 16.5. The summed E-state index contributed by atoms with van der Waals surface area (Å²) in [6.45, 7) is 2.83. The van der Waals surface area contributed by atoms with Crippen molar-refractivity contribution in [2.45, 2.75) is 26.2 Å². The van der Waals surface area contributed by atoms with E-state index in [1.165, 1.54) is 5.56 Å². The predicted molar refractivity (Wildman–Crippen MR) is 107 cm³/mol. The molecule has 142 valence electrons. The molecule has 0 amide bonds. The largest absolute Gasteiger partial charge is 0.489 e. The van der Waals surface area contributed by atoms with Crippen LogP contribution in [0.15, 0.2) is 79.4 Å². The third-order valence-corrected chi connectivity index (χ3v) is 4.43. The van der Waals surface area contributed by atoms with Crippen LogP contribution in [0.3, 0.4) is 0 Å². The molecule has 0 unspecified atom stereocenters. The van der Waals surface area contributed by atoms with Gasteiger partial charge in [0.25, 0.3) is 0 Å². The smallest absolute Gasteiger partial charge is 0.120 e. The molecule has 4 aromatic rings. The summed E-state index contributed by atoms with van der Waals surface area (Å²) in [5.41, 5.74) is 2.39. The molecule has 0 radical (unpaired) electrons. The minimum absolute atomic E-state index is 0.562. The first kappa shape index (κ1) is 18.0. The standard InChI is InChI=1S/C22H23N5O/c1-2-4-20(5-3-1)28-17-19-8-6-18(7-9-19)14-27(15-21-23-10-11-24-21)16-22-25-12-13-26-22/h1-13H,14-17H2,(H,23,24)(H,25,26). The quantitative estimate of drug-likeness (QED) is 0.467. The number of para-hydroxylation sites is 1. The van der Waals surface area contributed by atoms with Gasteiger partial charge in [0, 0.05) is 31.3 Å². The van der Waals surface area contributed by atoms with Gasteiger partial charge in [-0.3, -0.25) is 4.90 Å². The fourth-order valence-electron chi connectivity index (χ4n) is 3.04. The van der Waals surface area contributed by atoms with E-state index in [0.29, 0.717) is 6.61 Å². The fraction of sp³-hybridized carbons (Fsp3) is 0.182. The van der Waals surface area contributed by atoms with E-state index in [1.54, 1.807) is 12.4 Å². The van der Waals surface area contributed by atoms with E-state index >= 15 is 0 Å². The van der Waals surface area contributed by atoms with Crippen molar-refractivity contribution in [3.63, 3.8) is 0 Å². The Kier molecular flexibility index (Phi) is 5.80. The van der Waals surface area contributed by atoms with E-state index < -0.39 is 0 Å². The van der Waals surface area contributed by atoms with E-state index in [4.69, 9.17) is 4.74 Å². The molecule has 0 fully saturated rings. The monoisotopic (exact) mass is 373 g/mol. The van der Waals surface area contributed by atoms with Gasteiger partial charge in [-0.1, -0.05) is 42.5 Å². The second-order valence-electron chi connectivity index (χ2n) is 6.64. The first-order valence-electron chi connectivity index (χ1n) is 9.30. The molecule has 4 rings (SSSR count). The second kappa shape index (κ2) is 9.01. The third kappa shape index (κ3) is 5.08. The van der Waals surface area contributed by atoms with Gasteiger partial charge in [-0.05, 0) is 23.3 Å². The summed E-state index contributed by atoms with van der Waals surface area (Å²) < 4.78 is 5.82. The molecule has 0 aliphatic carbocycles. The van der Waals surface area contributed by atoms with Crippen LogP contribution >= 0.6 is 0 Å². The number of H-pyrrole nitrogens is 2. The van der Waals surface area contributed by atoms with Gasteiger partial charge in [0.15, 0.2) is 0 Å². The summed E-state index contributed by atoms with van der Waals surface area (Å²) in [6.07, 6.45) is 7.26. The minimum Gasteiger partial charge on any atom is -0.489 e. The lowest BCUT2D eigenvalue weighted by molar-refractivity contribution is 0.236. The third-order valence-electron chi connectivity index (χ3n) is 4.43. The summed E-state index contributed by atoms with van der Waals surface area (Å²) >= 11 is 0. The molecule has 6 heteroatoms. The topological polar surface area (TPSA) is 69.8 Å². The van der Waals surface area contributed by atoms with Gasteiger partial charge in [-0.15, -0.1) is 0 Å². The molecule has 0 saturated carbocycles. The van der Waals surface area contributed by atoms with Crippen LogP contribution in [0.2, 0.25) is 0 Å². The van der Waals surface area contributed by atoms with Crippen molar-refractivity contribution in [3.8, 4) is 5.75 Å². The Balaban J connectivity index is 1.38. The lowest BCUT2D eigenvalue weighted by Crippen LogP contribution is -2.23. The Labute approximate surface area is 164 Å². The highest BCUT2D eigenvalue weighted by molar-refractivity contribution is 5.24. The molecule has 2 aromatic heterocycles. The number of aromatic amines is 2. The van der Waals surface area contributed by atoms with Gasteiger partial charge in [-0.25, -0.2) is 9.97 Å². The van der Waals surface area contributed by atoms with Gasteiger partial charge >= 0.3 is 0 Å². The summed E-state index contributed by atoms with van der Waals surface area (Å²) in [5.74, 6) is 2.77. The number of ether oxygens (including phenoxy) is 1. The Hall–Kier alpha value is -3.38. The van der Waals surface area contributed by atoms with Gasteiger partial charge in [0.05, 0.1) is 13.1 Å². The molecule has 0 aliphatic heterocycles. The van der Waals surface area contributed by atoms with E-state index in [-0.39, 0.29) is 0 Å². The van der Waals surface area contributed by atoms with Crippen LogP contribution < -0.4 is 4.74 Å². The number of hydrogen-bond donors (Lipinski definition) is 2. The molecular weight excluding hydrogens is 350 g/mol. The molecule has 0 saturated heterocycles. The van der Waals surface area contributed by atoms with E-state index in [0.717, 1.165) is 42.6 Å². The van der Waals surface area contributed by atoms with Crippen molar-refractivity contribution in [2.24, 2.45) is 0 Å². The summed E-state index contributed by atoms with van der Waals surface area (Å²) in [5, 5.41) is 0. The minimum atomic E-state index is 0.562. The van der Waals surface area contributed by atoms with Gasteiger partial charge in [0.1, 0.15) is 24.0 Å². The molecular formula is C22H23N5O. The average Bonchev–Trinajstić information content (AvgIpc) is 3.43. The first-order chi connectivity index (χ1) is 13.8. The maximum Gasteiger partial charge on any atom is 0.120 e. The fourth-order valence-corrected chi connectivity index (χ4v) is 3.04. The Bertz CT molecular complexity index is 898. The molecule has 0 aliphatic rings. The van der Waals surface area contributed by atoms with Crippen molar-refractivity contribution >= 4 is 0 Å². The molecule has 2 N–H and O–H groups in total. The van der Waals surface area contributed by atoms with E-state index in [9.17, 15) is 0 Å². The van der Waals surface area contributed by atoms with Crippen LogP contribution in [0.5, 0.6) is 5.75 Å². The number of aromatic nitrogens is 4. The van der Waals surface area contributed by atoms with Crippen LogP contribution in [-0.4, -0.2) is 24.8 Å². The highest BCUT2D eigenvalue weighted by Crippen LogP contribution is 2.14. The van der Waals surface area contributed by atoms with E-state index in [2.05, 4.69) is 49.1 Å². The zero-order chi connectivity index (χ0) is 19.0. The van der Waals surface area contributed by atoms with Crippen LogP contribution in [0.4, 0.5) is 0 Å². The Morgan fingerprint density at radius 2 is 1.32 bits per heavy atom. The lowest BCUT2D eigenvalue weighted by atomic mass is 10.1. The molecule has 0 atom stereocenters. The average molecular weight is 373 g/mol. The zero-order valence-corrected chi connectivity index (χ0v) is 15.6. The van der Waals surface area contributed by atoms with Crippen molar-refractivity contribution in [1.29, 1.82) is 0 Å². The highest BCUT2D eigenvalue weighted by Gasteiger charge is 2.11. The molecule has 0 bridgehead atoms. The number of nitrogens with one attached hydrogen (secondary N) is 2. The van der Waals surface area contributed by atoms with Crippen molar-refractivity contribution < 1.29 is 4.74 Å². The van der Waals surface area contributed by atoms with Gasteiger partial charge in [0.2, 0.25) is 0 Å². The maximum absolute atomic E-state index is 5.82. The van der Waals surface area contributed by atoms with Crippen molar-refractivity contribution in [1.82, 2.24) is 24.8 Å². The predicted octanol–water partition coefficient (Wildman–Crippen LogP) is 3.91. The zero-order valence-electron chi connectivity index (χ0n) is 15.6. The van der Waals surface area contributed by atoms with Gasteiger partial charge < -0.3 is 14.7 Å².